The Hall–Kier alpha value is -0.740. The van der Waals surface area contributed by atoms with Crippen molar-refractivity contribution in [3.8, 4) is 0 Å². The van der Waals surface area contributed by atoms with Crippen LogP contribution >= 0.6 is 24.0 Å². The maximum absolute atomic E-state index is 5.17. The van der Waals surface area contributed by atoms with Crippen LogP contribution in [-0.4, -0.2) is 23.7 Å². The summed E-state index contributed by atoms with van der Waals surface area (Å²) in [4.78, 5) is 0. The van der Waals surface area contributed by atoms with Gasteiger partial charge in [-0.25, -0.2) is 0 Å². The van der Waals surface area contributed by atoms with Gasteiger partial charge in [-0.1, -0.05) is 30.3 Å². The summed E-state index contributed by atoms with van der Waals surface area (Å²) in [6, 6.07) is 10.3. The van der Waals surface area contributed by atoms with Crippen LogP contribution in [0.2, 0.25) is 0 Å². The van der Waals surface area contributed by atoms with Crippen LogP contribution in [0.1, 0.15) is 12.0 Å². The zero-order chi connectivity index (χ0) is 11.6. The molecular weight excluding hydrogens is 236 g/mol. The zero-order valence-corrected chi connectivity index (χ0v) is 11.2. The van der Waals surface area contributed by atoms with Gasteiger partial charge in [0.05, 0.1) is 0 Å². The van der Waals surface area contributed by atoms with Crippen molar-refractivity contribution in [1.82, 2.24) is 10.6 Å². The van der Waals surface area contributed by atoms with E-state index in [2.05, 4.69) is 29.0 Å². The molecule has 0 radical (unpaired) electrons. The normalized spacial score (nSPS) is 9.81. The van der Waals surface area contributed by atoms with Crippen molar-refractivity contribution in [3.05, 3.63) is 35.9 Å². The van der Waals surface area contributed by atoms with Gasteiger partial charge in [0.15, 0.2) is 5.11 Å². The maximum atomic E-state index is 5.17. The molecule has 16 heavy (non-hydrogen) atoms. The Bertz CT molecular complexity index is 301. The smallest absolute Gasteiger partial charge is 0.166 e. The molecule has 0 amide bonds. The number of thioether (sulfide) groups is 1. The van der Waals surface area contributed by atoms with Crippen molar-refractivity contribution >= 4 is 29.1 Å². The lowest BCUT2D eigenvalue weighted by Gasteiger charge is -2.10. The van der Waals surface area contributed by atoms with Gasteiger partial charge in [-0.3, -0.25) is 0 Å². The van der Waals surface area contributed by atoms with Crippen LogP contribution in [0.4, 0.5) is 0 Å². The van der Waals surface area contributed by atoms with Gasteiger partial charge in [0.25, 0.3) is 0 Å². The van der Waals surface area contributed by atoms with Crippen LogP contribution in [0.3, 0.4) is 0 Å². The molecule has 2 N–H and O–H groups in total. The molecule has 1 aromatic rings. The predicted octanol–water partition coefficient (Wildman–Crippen LogP) is 2.40. The Morgan fingerprint density at radius 3 is 2.69 bits per heavy atom. The molecule has 0 saturated heterocycles. The summed E-state index contributed by atoms with van der Waals surface area (Å²) in [6.45, 7) is 1.73. The SMILES string of the molecule is CSCCCNC(=S)NCc1ccccc1. The highest BCUT2D eigenvalue weighted by atomic mass is 32.2. The van der Waals surface area contributed by atoms with Crippen LogP contribution < -0.4 is 10.6 Å². The lowest BCUT2D eigenvalue weighted by atomic mass is 10.2. The molecule has 0 atom stereocenters. The summed E-state index contributed by atoms with van der Waals surface area (Å²) >= 11 is 7.03. The van der Waals surface area contributed by atoms with E-state index in [4.69, 9.17) is 12.2 Å². The van der Waals surface area contributed by atoms with Gasteiger partial charge in [0.2, 0.25) is 0 Å². The fourth-order valence-corrected chi connectivity index (χ4v) is 1.87. The molecular formula is C12H18N2S2. The molecule has 0 unspecified atom stereocenters. The van der Waals surface area contributed by atoms with E-state index in [0.717, 1.165) is 24.6 Å². The monoisotopic (exact) mass is 254 g/mol. The molecule has 4 heteroatoms. The van der Waals surface area contributed by atoms with Gasteiger partial charge in [-0.2, -0.15) is 11.8 Å². The minimum atomic E-state index is 0.741. The van der Waals surface area contributed by atoms with E-state index < -0.39 is 0 Å². The Morgan fingerprint density at radius 1 is 1.25 bits per heavy atom. The third kappa shape index (κ3) is 5.98. The van der Waals surface area contributed by atoms with Gasteiger partial charge < -0.3 is 10.6 Å². The van der Waals surface area contributed by atoms with Gasteiger partial charge in [-0.05, 0) is 36.2 Å². The molecule has 88 valence electrons. The average Bonchev–Trinajstić information content (AvgIpc) is 2.33. The Morgan fingerprint density at radius 2 is 2.00 bits per heavy atom. The van der Waals surface area contributed by atoms with E-state index in [9.17, 15) is 0 Å². The number of hydrogen-bond donors (Lipinski definition) is 2. The molecule has 0 spiro atoms. The van der Waals surface area contributed by atoms with Crippen LogP contribution in [0.25, 0.3) is 0 Å². The van der Waals surface area contributed by atoms with Crippen molar-refractivity contribution < 1.29 is 0 Å². The Labute approximate surface area is 107 Å². The van der Waals surface area contributed by atoms with Gasteiger partial charge in [-0.15, -0.1) is 0 Å². The summed E-state index contributed by atoms with van der Waals surface area (Å²) in [5, 5.41) is 7.12. The molecule has 0 aliphatic rings. The first-order chi connectivity index (χ1) is 7.83. The lowest BCUT2D eigenvalue weighted by molar-refractivity contribution is 0.804. The maximum Gasteiger partial charge on any atom is 0.166 e. The van der Waals surface area contributed by atoms with Crippen molar-refractivity contribution in [1.29, 1.82) is 0 Å². The highest BCUT2D eigenvalue weighted by molar-refractivity contribution is 7.98. The molecule has 0 heterocycles. The average molecular weight is 254 g/mol. The van der Waals surface area contributed by atoms with E-state index in [1.165, 1.54) is 11.3 Å². The fraction of sp³-hybridized carbons (Fsp3) is 0.417. The van der Waals surface area contributed by atoms with Crippen molar-refractivity contribution in [2.75, 3.05) is 18.6 Å². The van der Waals surface area contributed by atoms with E-state index in [0.29, 0.717) is 0 Å². The van der Waals surface area contributed by atoms with Crippen LogP contribution in [0.15, 0.2) is 30.3 Å². The highest BCUT2D eigenvalue weighted by Gasteiger charge is 1.95. The lowest BCUT2D eigenvalue weighted by Crippen LogP contribution is -2.35. The van der Waals surface area contributed by atoms with Crippen molar-refractivity contribution in [3.63, 3.8) is 0 Å². The zero-order valence-electron chi connectivity index (χ0n) is 9.53. The summed E-state index contributed by atoms with van der Waals surface area (Å²) in [6.07, 6.45) is 3.26. The van der Waals surface area contributed by atoms with E-state index >= 15 is 0 Å². The predicted molar refractivity (Wildman–Crippen MR) is 76.9 cm³/mol. The highest BCUT2D eigenvalue weighted by Crippen LogP contribution is 1.97. The standard InChI is InChI=1S/C12H18N2S2/c1-16-9-5-8-13-12(15)14-10-11-6-3-2-4-7-11/h2-4,6-7H,5,8-10H2,1H3,(H2,13,14,15). The number of benzene rings is 1. The molecule has 1 aromatic carbocycles. The fourth-order valence-electron chi connectivity index (χ4n) is 1.26. The molecule has 0 bridgehead atoms. The first kappa shape index (κ1) is 13.3. The molecule has 0 aliphatic carbocycles. The van der Waals surface area contributed by atoms with Crippen LogP contribution in [0, 0.1) is 0 Å². The van der Waals surface area contributed by atoms with Gasteiger partial charge in [0, 0.05) is 13.1 Å². The molecule has 0 aromatic heterocycles. The van der Waals surface area contributed by atoms with Gasteiger partial charge >= 0.3 is 0 Å². The number of hydrogen-bond acceptors (Lipinski definition) is 2. The second kappa shape index (κ2) is 8.42. The number of thiocarbonyl (C=S) groups is 1. The molecule has 0 aliphatic heterocycles. The topological polar surface area (TPSA) is 24.1 Å². The van der Waals surface area contributed by atoms with Crippen LogP contribution in [0.5, 0.6) is 0 Å². The van der Waals surface area contributed by atoms with Crippen LogP contribution in [-0.2, 0) is 6.54 Å². The summed E-state index contributed by atoms with van der Waals surface area (Å²) < 4.78 is 0. The third-order valence-electron chi connectivity index (χ3n) is 2.11. The summed E-state index contributed by atoms with van der Waals surface area (Å²) in [5.74, 6) is 1.17. The molecule has 0 saturated carbocycles. The van der Waals surface area contributed by atoms with Crippen molar-refractivity contribution in [2.24, 2.45) is 0 Å². The molecule has 0 fully saturated rings. The second-order valence-electron chi connectivity index (χ2n) is 3.44. The molecule has 1 rings (SSSR count). The van der Waals surface area contributed by atoms with Crippen molar-refractivity contribution in [2.45, 2.75) is 13.0 Å². The largest absolute Gasteiger partial charge is 0.363 e. The Balaban J connectivity index is 2.11. The quantitative estimate of drug-likeness (QED) is 0.601. The summed E-state index contributed by atoms with van der Waals surface area (Å²) in [5.41, 5.74) is 1.25. The number of rotatable bonds is 6. The second-order valence-corrected chi connectivity index (χ2v) is 4.84. The van der Waals surface area contributed by atoms with E-state index in [1.54, 1.807) is 0 Å². The van der Waals surface area contributed by atoms with E-state index in [1.807, 2.05) is 30.0 Å². The first-order valence-electron chi connectivity index (χ1n) is 5.37. The number of nitrogens with one attached hydrogen (secondary N) is 2. The van der Waals surface area contributed by atoms with E-state index in [-0.39, 0.29) is 0 Å². The Kier molecular flexibility index (Phi) is 7.01. The van der Waals surface area contributed by atoms with Gasteiger partial charge in [0.1, 0.15) is 0 Å². The first-order valence-corrected chi connectivity index (χ1v) is 7.17. The third-order valence-corrected chi connectivity index (χ3v) is 3.09. The molecule has 2 nitrogen and oxygen atoms in total. The minimum absolute atomic E-state index is 0.741. The minimum Gasteiger partial charge on any atom is -0.363 e. The summed E-state index contributed by atoms with van der Waals surface area (Å²) in [7, 11) is 0.